The molecule has 31 heavy (non-hydrogen) atoms. The quantitative estimate of drug-likeness (QED) is 0.325. The van der Waals surface area contributed by atoms with Gasteiger partial charge in [0, 0.05) is 24.7 Å². The molecule has 0 spiro atoms. The van der Waals surface area contributed by atoms with Crippen molar-refractivity contribution in [3.05, 3.63) is 83.2 Å². The fraction of sp³-hybridized carbons (Fsp3) is 0.308. The first kappa shape index (κ1) is 22.3. The van der Waals surface area contributed by atoms with Crippen LogP contribution in [0.2, 0.25) is 0 Å². The van der Waals surface area contributed by atoms with E-state index in [1.54, 1.807) is 24.3 Å². The Morgan fingerprint density at radius 1 is 0.903 bits per heavy atom. The van der Waals surface area contributed by atoms with E-state index in [-0.39, 0.29) is 12.2 Å². The fourth-order valence-corrected chi connectivity index (χ4v) is 3.49. The SMILES string of the molecule is CC(C)c1ccc(Oc2ccc(C(=O)c3ccc(CCCCC(=O)O)n3C)cc2)cc1. The van der Waals surface area contributed by atoms with E-state index in [4.69, 9.17) is 9.84 Å². The summed E-state index contributed by atoms with van der Waals surface area (Å²) in [5.41, 5.74) is 3.50. The molecule has 3 rings (SSSR count). The van der Waals surface area contributed by atoms with Crippen molar-refractivity contribution < 1.29 is 19.4 Å². The minimum absolute atomic E-state index is 0.0490. The third-order valence-electron chi connectivity index (χ3n) is 5.43. The zero-order chi connectivity index (χ0) is 22.4. The van der Waals surface area contributed by atoms with Crippen molar-refractivity contribution in [3.63, 3.8) is 0 Å². The van der Waals surface area contributed by atoms with Gasteiger partial charge in [0.05, 0.1) is 5.69 Å². The van der Waals surface area contributed by atoms with Gasteiger partial charge in [0.1, 0.15) is 11.5 Å². The molecule has 0 amide bonds. The summed E-state index contributed by atoms with van der Waals surface area (Å²) in [6, 6.07) is 19.0. The molecule has 2 aromatic carbocycles. The minimum Gasteiger partial charge on any atom is -0.481 e. The number of aryl methyl sites for hydroxylation is 1. The van der Waals surface area contributed by atoms with Gasteiger partial charge >= 0.3 is 5.97 Å². The Hall–Kier alpha value is -3.34. The van der Waals surface area contributed by atoms with Gasteiger partial charge in [0.25, 0.3) is 0 Å². The van der Waals surface area contributed by atoms with Crippen LogP contribution in [0.1, 0.15) is 66.3 Å². The molecule has 0 aliphatic carbocycles. The number of rotatable bonds is 10. The van der Waals surface area contributed by atoms with Gasteiger partial charge < -0.3 is 14.4 Å². The van der Waals surface area contributed by atoms with E-state index in [0.29, 0.717) is 29.3 Å². The van der Waals surface area contributed by atoms with Crippen LogP contribution in [0.4, 0.5) is 0 Å². The number of aliphatic carboxylic acids is 1. The Balaban J connectivity index is 1.63. The Bertz CT molecular complexity index is 1030. The monoisotopic (exact) mass is 419 g/mol. The van der Waals surface area contributed by atoms with Crippen LogP contribution in [0.25, 0.3) is 0 Å². The predicted molar refractivity (Wildman–Crippen MR) is 121 cm³/mol. The maximum absolute atomic E-state index is 12.9. The number of nitrogens with zero attached hydrogens (tertiary/aromatic N) is 1. The fourth-order valence-electron chi connectivity index (χ4n) is 3.49. The number of ketones is 1. The Kier molecular flexibility index (Phi) is 7.29. The Labute approximate surface area is 183 Å². The molecule has 162 valence electrons. The molecule has 5 heteroatoms. The number of carbonyl (C=O) groups is 2. The van der Waals surface area contributed by atoms with Gasteiger partial charge in [-0.2, -0.15) is 0 Å². The number of carbonyl (C=O) groups excluding carboxylic acids is 1. The summed E-state index contributed by atoms with van der Waals surface area (Å²) in [5, 5.41) is 8.74. The van der Waals surface area contributed by atoms with E-state index < -0.39 is 5.97 Å². The van der Waals surface area contributed by atoms with Crippen LogP contribution in [0.5, 0.6) is 11.5 Å². The highest BCUT2D eigenvalue weighted by Gasteiger charge is 2.15. The van der Waals surface area contributed by atoms with E-state index in [1.807, 2.05) is 35.9 Å². The number of hydrogen-bond donors (Lipinski definition) is 1. The molecule has 0 saturated carbocycles. The first-order valence-corrected chi connectivity index (χ1v) is 10.6. The first-order valence-electron chi connectivity index (χ1n) is 10.6. The Morgan fingerprint density at radius 2 is 1.52 bits per heavy atom. The van der Waals surface area contributed by atoms with Crippen LogP contribution in [-0.4, -0.2) is 21.4 Å². The number of benzene rings is 2. The second-order valence-electron chi connectivity index (χ2n) is 8.05. The van der Waals surface area contributed by atoms with Gasteiger partial charge in [-0.1, -0.05) is 26.0 Å². The number of ether oxygens (including phenoxy) is 1. The molecule has 0 aliphatic rings. The first-order chi connectivity index (χ1) is 14.8. The van der Waals surface area contributed by atoms with Crippen LogP contribution in [0.15, 0.2) is 60.7 Å². The highest BCUT2D eigenvalue weighted by molar-refractivity contribution is 6.08. The topological polar surface area (TPSA) is 68.5 Å². The lowest BCUT2D eigenvalue weighted by Crippen LogP contribution is -2.09. The summed E-state index contributed by atoms with van der Waals surface area (Å²) in [4.78, 5) is 23.6. The molecular formula is C26H29NO4. The van der Waals surface area contributed by atoms with E-state index in [9.17, 15) is 9.59 Å². The highest BCUT2D eigenvalue weighted by Crippen LogP contribution is 2.25. The van der Waals surface area contributed by atoms with Crippen molar-refractivity contribution >= 4 is 11.8 Å². The third-order valence-corrected chi connectivity index (χ3v) is 5.43. The van der Waals surface area contributed by atoms with Crippen molar-refractivity contribution in [2.24, 2.45) is 7.05 Å². The molecule has 1 aromatic heterocycles. The summed E-state index contributed by atoms with van der Waals surface area (Å²) >= 11 is 0. The second-order valence-corrected chi connectivity index (χ2v) is 8.05. The number of hydrogen-bond acceptors (Lipinski definition) is 3. The maximum Gasteiger partial charge on any atom is 0.303 e. The van der Waals surface area contributed by atoms with Crippen LogP contribution >= 0.6 is 0 Å². The van der Waals surface area contributed by atoms with Crippen LogP contribution in [0, 0.1) is 0 Å². The van der Waals surface area contributed by atoms with E-state index >= 15 is 0 Å². The molecule has 0 bridgehead atoms. The molecule has 3 aromatic rings. The van der Waals surface area contributed by atoms with Crippen LogP contribution < -0.4 is 4.74 Å². The average molecular weight is 420 g/mol. The molecule has 0 atom stereocenters. The van der Waals surface area contributed by atoms with Gasteiger partial charge in [-0.3, -0.25) is 9.59 Å². The summed E-state index contributed by atoms with van der Waals surface area (Å²) in [7, 11) is 1.87. The number of unbranched alkanes of at least 4 members (excludes halogenated alkanes) is 1. The molecule has 1 N–H and O–H groups in total. The average Bonchev–Trinajstić information content (AvgIpc) is 3.12. The van der Waals surface area contributed by atoms with Crippen LogP contribution in [-0.2, 0) is 18.3 Å². The smallest absolute Gasteiger partial charge is 0.303 e. The predicted octanol–water partition coefficient (Wildman–Crippen LogP) is 5.97. The molecule has 0 aliphatic heterocycles. The van der Waals surface area contributed by atoms with Crippen molar-refractivity contribution in [2.75, 3.05) is 0 Å². The summed E-state index contributed by atoms with van der Waals surface area (Å²) < 4.78 is 7.79. The lowest BCUT2D eigenvalue weighted by molar-refractivity contribution is -0.137. The zero-order valence-electron chi connectivity index (χ0n) is 18.3. The van der Waals surface area contributed by atoms with Crippen molar-refractivity contribution in [1.29, 1.82) is 0 Å². The minimum atomic E-state index is -0.775. The second kappa shape index (κ2) is 10.1. The standard InChI is InChI=1S/C26H29NO4/c1-18(2)19-8-13-22(14-9-19)31-23-15-10-20(11-16-23)26(30)24-17-12-21(27(24)3)6-4-5-7-25(28)29/h8-18H,4-7H2,1-3H3,(H,28,29). The molecular weight excluding hydrogens is 390 g/mol. The lowest BCUT2D eigenvalue weighted by atomic mass is 10.0. The van der Waals surface area contributed by atoms with Gasteiger partial charge in [0.15, 0.2) is 0 Å². The molecule has 1 heterocycles. The van der Waals surface area contributed by atoms with Crippen molar-refractivity contribution in [1.82, 2.24) is 4.57 Å². The summed E-state index contributed by atoms with van der Waals surface area (Å²) in [5.74, 6) is 1.09. The number of aromatic nitrogens is 1. The molecule has 0 saturated heterocycles. The summed E-state index contributed by atoms with van der Waals surface area (Å²) in [6.07, 6.45) is 2.33. The van der Waals surface area contributed by atoms with Gasteiger partial charge in [-0.05, 0) is 79.3 Å². The number of carboxylic acids is 1. The van der Waals surface area contributed by atoms with Crippen molar-refractivity contribution in [3.8, 4) is 11.5 Å². The normalized spacial score (nSPS) is 11.0. The maximum atomic E-state index is 12.9. The third kappa shape index (κ3) is 5.85. The molecule has 0 radical (unpaired) electrons. The Morgan fingerprint density at radius 3 is 2.10 bits per heavy atom. The highest BCUT2D eigenvalue weighted by atomic mass is 16.5. The van der Waals surface area contributed by atoms with Gasteiger partial charge in [-0.25, -0.2) is 0 Å². The molecule has 0 fully saturated rings. The summed E-state index contributed by atoms with van der Waals surface area (Å²) in [6.45, 7) is 4.31. The molecule has 5 nitrogen and oxygen atoms in total. The number of carboxylic acid groups (broad SMARTS) is 1. The van der Waals surface area contributed by atoms with E-state index in [1.165, 1.54) is 5.56 Å². The largest absolute Gasteiger partial charge is 0.481 e. The van der Waals surface area contributed by atoms with Gasteiger partial charge in [-0.15, -0.1) is 0 Å². The van der Waals surface area contributed by atoms with Crippen molar-refractivity contribution in [2.45, 2.75) is 45.4 Å². The van der Waals surface area contributed by atoms with E-state index in [2.05, 4.69) is 26.0 Å². The van der Waals surface area contributed by atoms with E-state index in [0.717, 1.165) is 24.3 Å². The lowest BCUT2D eigenvalue weighted by Gasteiger charge is -2.10. The zero-order valence-corrected chi connectivity index (χ0v) is 18.3. The van der Waals surface area contributed by atoms with Gasteiger partial charge in [0.2, 0.25) is 5.78 Å². The van der Waals surface area contributed by atoms with Crippen LogP contribution in [0.3, 0.4) is 0 Å². The molecule has 0 unspecified atom stereocenters.